The van der Waals surface area contributed by atoms with Crippen LogP contribution in [0.3, 0.4) is 0 Å². The smallest absolute Gasteiger partial charge is 0.226 e. The Morgan fingerprint density at radius 1 is 1.15 bits per heavy atom. The van der Waals surface area contributed by atoms with Gasteiger partial charge in [-0.2, -0.15) is 5.10 Å². The van der Waals surface area contributed by atoms with Gasteiger partial charge in [-0.15, -0.1) is 0 Å². The summed E-state index contributed by atoms with van der Waals surface area (Å²) in [7, 11) is 0. The molecule has 27 heavy (non-hydrogen) atoms. The molecule has 0 aliphatic carbocycles. The van der Waals surface area contributed by atoms with Crippen LogP contribution >= 0.6 is 0 Å². The molecule has 4 aromatic rings. The Hall–Kier alpha value is -3.22. The minimum Gasteiger partial charge on any atom is -0.348 e. The van der Waals surface area contributed by atoms with Crippen molar-refractivity contribution in [2.24, 2.45) is 0 Å². The van der Waals surface area contributed by atoms with Crippen molar-refractivity contribution in [3.8, 4) is 0 Å². The number of aromatic amines is 1. The summed E-state index contributed by atoms with van der Waals surface area (Å²) in [6.07, 6.45) is 8.21. The van der Waals surface area contributed by atoms with E-state index in [2.05, 4.69) is 56.9 Å². The number of aromatic nitrogens is 6. The molecule has 5 rings (SSSR count). The van der Waals surface area contributed by atoms with Gasteiger partial charge in [-0.25, -0.2) is 19.5 Å². The van der Waals surface area contributed by atoms with E-state index < -0.39 is 0 Å². The fraction of sp³-hybridized carbons (Fsp3) is 0.300. The summed E-state index contributed by atoms with van der Waals surface area (Å²) in [5, 5.41) is 4.90. The first-order valence-electron chi connectivity index (χ1n) is 9.26. The van der Waals surface area contributed by atoms with Gasteiger partial charge in [0.25, 0.3) is 0 Å². The van der Waals surface area contributed by atoms with E-state index in [4.69, 9.17) is 5.10 Å². The third-order valence-corrected chi connectivity index (χ3v) is 5.19. The van der Waals surface area contributed by atoms with Gasteiger partial charge in [0, 0.05) is 37.3 Å². The first-order valence-corrected chi connectivity index (χ1v) is 9.26. The van der Waals surface area contributed by atoms with Crippen molar-refractivity contribution >= 4 is 11.5 Å². The molecule has 7 nitrogen and oxygen atoms in total. The van der Waals surface area contributed by atoms with E-state index in [1.165, 1.54) is 5.56 Å². The van der Waals surface area contributed by atoms with Crippen molar-refractivity contribution in [2.45, 2.75) is 32.2 Å². The van der Waals surface area contributed by atoms with Gasteiger partial charge in [-0.1, -0.05) is 19.9 Å². The molecule has 1 aliphatic heterocycles. The highest BCUT2D eigenvalue weighted by Crippen LogP contribution is 2.35. The van der Waals surface area contributed by atoms with Crippen LogP contribution in [0.5, 0.6) is 0 Å². The predicted molar refractivity (Wildman–Crippen MR) is 103 cm³/mol. The molecule has 0 radical (unpaired) electrons. The molecule has 1 unspecified atom stereocenters. The molecule has 1 N–H and O–H groups in total. The van der Waals surface area contributed by atoms with Crippen LogP contribution in [0.25, 0.3) is 5.52 Å². The van der Waals surface area contributed by atoms with Crippen LogP contribution in [0.1, 0.15) is 48.5 Å². The maximum absolute atomic E-state index is 4.90. The molecule has 0 saturated heterocycles. The summed E-state index contributed by atoms with van der Waals surface area (Å²) >= 11 is 0. The number of rotatable bonds is 3. The van der Waals surface area contributed by atoms with Gasteiger partial charge in [0.2, 0.25) is 5.95 Å². The highest BCUT2D eigenvalue weighted by atomic mass is 15.3. The Morgan fingerprint density at radius 3 is 2.81 bits per heavy atom. The van der Waals surface area contributed by atoms with E-state index in [-0.39, 0.29) is 6.04 Å². The fourth-order valence-corrected chi connectivity index (χ4v) is 3.91. The van der Waals surface area contributed by atoms with Crippen LogP contribution in [0, 0.1) is 0 Å². The van der Waals surface area contributed by atoms with Crippen molar-refractivity contribution < 1.29 is 0 Å². The number of pyridine rings is 1. The number of hydrogen-bond acceptors (Lipinski definition) is 5. The zero-order valence-electron chi connectivity index (χ0n) is 15.4. The van der Waals surface area contributed by atoms with Crippen LogP contribution in [0.4, 0.5) is 5.95 Å². The van der Waals surface area contributed by atoms with Gasteiger partial charge in [0.05, 0.1) is 23.2 Å². The zero-order valence-corrected chi connectivity index (χ0v) is 15.4. The molecular formula is C20H21N7. The lowest BCUT2D eigenvalue weighted by molar-refractivity contribution is 0.602. The Balaban J connectivity index is 1.68. The topological polar surface area (TPSA) is 75.0 Å². The molecule has 0 spiro atoms. The van der Waals surface area contributed by atoms with E-state index in [9.17, 15) is 0 Å². The SMILES string of the molecule is CC(C)c1cccn2nc(C3c4nc[nH]c4CCN3c3ncccn3)cc12. The van der Waals surface area contributed by atoms with Crippen molar-refractivity contribution in [3.63, 3.8) is 0 Å². The second-order valence-electron chi connectivity index (χ2n) is 7.18. The largest absolute Gasteiger partial charge is 0.348 e. The summed E-state index contributed by atoms with van der Waals surface area (Å²) in [4.78, 5) is 19.0. The lowest BCUT2D eigenvalue weighted by atomic mass is 9.99. The van der Waals surface area contributed by atoms with Crippen molar-refractivity contribution in [1.82, 2.24) is 29.5 Å². The number of hydrogen-bond donors (Lipinski definition) is 1. The van der Waals surface area contributed by atoms with Crippen LogP contribution in [0.2, 0.25) is 0 Å². The van der Waals surface area contributed by atoms with Gasteiger partial charge in [0.15, 0.2) is 0 Å². The molecule has 136 valence electrons. The molecule has 7 heteroatoms. The van der Waals surface area contributed by atoms with E-state index in [1.807, 2.05) is 16.8 Å². The quantitative estimate of drug-likeness (QED) is 0.608. The second kappa shape index (κ2) is 6.19. The fourth-order valence-electron chi connectivity index (χ4n) is 3.91. The van der Waals surface area contributed by atoms with Gasteiger partial charge >= 0.3 is 0 Å². The maximum atomic E-state index is 4.90. The van der Waals surface area contributed by atoms with Crippen LogP contribution in [0.15, 0.2) is 49.2 Å². The molecule has 0 fully saturated rings. The Morgan fingerprint density at radius 2 is 2.00 bits per heavy atom. The average molecular weight is 359 g/mol. The number of nitrogens with zero attached hydrogens (tertiary/aromatic N) is 6. The monoisotopic (exact) mass is 359 g/mol. The van der Waals surface area contributed by atoms with E-state index in [0.717, 1.165) is 35.6 Å². The van der Waals surface area contributed by atoms with E-state index >= 15 is 0 Å². The Kier molecular flexibility index (Phi) is 3.67. The van der Waals surface area contributed by atoms with Gasteiger partial charge in [0.1, 0.15) is 6.04 Å². The molecule has 5 heterocycles. The molecule has 1 aliphatic rings. The van der Waals surface area contributed by atoms with Crippen molar-refractivity contribution in [3.05, 3.63) is 71.8 Å². The number of imidazole rings is 1. The van der Waals surface area contributed by atoms with E-state index in [0.29, 0.717) is 11.9 Å². The standard InChI is InChI=1S/C20H21N7/c1-13(2)14-5-3-9-27-17(14)11-16(25-27)19-18-15(23-12-24-18)6-10-26(19)20-21-7-4-8-22-20/h3-5,7-9,11-13,19H,6,10H2,1-2H3,(H,23,24). The summed E-state index contributed by atoms with van der Waals surface area (Å²) in [6.45, 7) is 5.23. The van der Waals surface area contributed by atoms with E-state index in [1.54, 1.807) is 18.7 Å². The highest BCUT2D eigenvalue weighted by Gasteiger charge is 2.34. The Bertz CT molecular complexity index is 1080. The number of H-pyrrole nitrogens is 1. The second-order valence-corrected chi connectivity index (χ2v) is 7.18. The molecular weight excluding hydrogens is 338 g/mol. The maximum Gasteiger partial charge on any atom is 0.226 e. The van der Waals surface area contributed by atoms with Crippen molar-refractivity contribution in [2.75, 3.05) is 11.4 Å². The molecule has 1 atom stereocenters. The number of fused-ring (bicyclic) bond motifs is 2. The molecule has 0 bridgehead atoms. The summed E-state index contributed by atoms with van der Waals surface area (Å²) < 4.78 is 1.97. The molecule has 0 saturated carbocycles. The first-order chi connectivity index (χ1) is 13.2. The summed E-state index contributed by atoms with van der Waals surface area (Å²) in [5.74, 6) is 1.14. The lowest BCUT2D eigenvalue weighted by Gasteiger charge is -2.33. The normalized spacial score (nSPS) is 16.9. The number of nitrogens with one attached hydrogen (secondary N) is 1. The molecule has 4 aromatic heterocycles. The Labute approximate surface area is 157 Å². The lowest BCUT2D eigenvalue weighted by Crippen LogP contribution is -2.37. The zero-order chi connectivity index (χ0) is 18.4. The van der Waals surface area contributed by atoms with Gasteiger partial charge in [-0.05, 0) is 29.7 Å². The van der Waals surface area contributed by atoms with Crippen LogP contribution in [-0.4, -0.2) is 36.1 Å². The molecule has 0 aromatic carbocycles. The summed E-state index contributed by atoms with van der Waals surface area (Å²) in [6, 6.07) is 8.13. The first kappa shape index (κ1) is 16.0. The third-order valence-electron chi connectivity index (χ3n) is 5.19. The van der Waals surface area contributed by atoms with Gasteiger partial charge in [-0.3, -0.25) is 0 Å². The highest BCUT2D eigenvalue weighted by molar-refractivity contribution is 5.58. The van der Waals surface area contributed by atoms with Crippen LogP contribution in [-0.2, 0) is 6.42 Å². The minimum absolute atomic E-state index is 0.109. The summed E-state index contributed by atoms with van der Waals surface area (Å²) in [5.41, 5.74) is 5.55. The number of anilines is 1. The average Bonchev–Trinajstić information content (AvgIpc) is 3.34. The minimum atomic E-state index is -0.109. The van der Waals surface area contributed by atoms with Gasteiger partial charge < -0.3 is 9.88 Å². The predicted octanol–water partition coefficient (Wildman–Crippen LogP) is 3.12. The molecule has 0 amide bonds. The van der Waals surface area contributed by atoms with Crippen LogP contribution < -0.4 is 4.90 Å². The van der Waals surface area contributed by atoms with Crippen molar-refractivity contribution in [1.29, 1.82) is 0 Å². The third kappa shape index (κ3) is 2.58.